The zero-order valence-corrected chi connectivity index (χ0v) is 8.96. The van der Waals surface area contributed by atoms with Crippen LogP contribution >= 0.6 is 12.1 Å². The van der Waals surface area contributed by atoms with Crippen LogP contribution in [0.15, 0.2) is 34.3 Å². The number of Topliss-reactive ketones (excluding diaryl/α,β-unsaturated/α-hetero) is 1. The molecule has 0 spiro atoms. The summed E-state index contributed by atoms with van der Waals surface area (Å²) in [6, 6.07) is 6.69. The van der Waals surface area contributed by atoms with Gasteiger partial charge in [0.15, 0.2) is 12.4 Å². The Balaban J connectivity index is 2.46. The summed E-state index contributed by atoms with van der Waals surface area (Å²) in [5, 5.41) is 3.59. The predicted octanol–water partition coefficient (Wildman–Crippen LogP) is 2.60. The topological polar surface area (TPSA) is 38.7 Å². The minimum atomic E-state index is -0.0867. The van der Waals surface area contributed by atoms with E-state index in [9.17, 15) is 8.68 Å². The molecule has 80 valence electrons. The standard InChI is InChI=1S/C10H10FNO2S/c1-8(13)7-14-12-6-9-2-4-10(15-11)5-3-9/h2-6H,7H2,1H3/b12-6-. The Morgan fingerprint density at radius 1 is 1.53 bits per heavy atom. The van der Waals surface area contributed by atoms with Crippen molar-refractivity contribution in [2.75, 3.05) is 6.61 Å². The van der Waals surface area contributed by atoms with Crippen LogP contribution in [0, 0.1) is 0 Å². The number of ketones is 1. The van der Waals surface area contributed by atoms with E-state index in [1.807, 2.05) is 0 Å². The molecular formula is C10H10FNO2S. The molecule has 1 aromatic carbocycles. The molecule has 0 aromatic heterocycles. The zero-order valence-electron chi connectivity index (χ0n) is 8.14. The van der Waals surface area contributed by atoms with Crippen LogP contribution in [0.4, 0.5) is 3.89 Å². The molecule has 1 aromatic rings. The molecule has 0 unspecified atom stereocenters. The second-order valence-electron chi connectivity index (χ2n) is 2.86. The van der Waals surface area contributed by atoms with Gasteiger partial charge in [-0.2, -0.15) is 3.89 Å². The average Bonchev–Trinajstić information content (AvgIpc) is 2.25. The van der Waals surface area contributed by atoms with Crippen molar-refractivity contribution >= 4 is 24.1 Å². The minimum Gasteiger partial charge on any atom is -0.388 e. The van der Waals surface area contributed by atoms with E-state index in [4.69, 9.17) is 4.84 Å². The summed E-state index contributed by atoms with van der Waals surface area (Å²) in [6.45, 7) is 1.39. The van der Waals surface area contributed by atoms with Crippen molar-refractivity contribution < 1.29 is 13.5 Å². The van der Waals surface area contributed by atoms with Crippen LogP contribution in [0.5, 0.6) is 0 Å². The third-order valence-electron chi connectivity index (χ3n) is 1.51. The van der Waals surface area contributed by atoms with Gasteiger partial charge < -0.3 is 4.84 Å². The lowest BCUT2D eigenvalue weighted by Crippen LogP contribution is -1.99. The quantitative estimate of drug-likeness (QED) is 0.573. The summed E-state index contributed by atoms with van der Waals surface area (Å²) < 4.78 is 12.1. The Kier molecular flexibility index (Phi) is 4.83. The van der Waals surface area contributed by atoms with Gasteiger partial charge >= 0.3 is 0 Å². The molecule has 5 heteroatoms. The van der Waals surface area contributed by atoms with E-state index in [-0.39, 0.29) is 24.5 Å². The molecule has 0 saturated heterocycles. The number of carbonyl (C=O) groups excluding carboxylic acids is 1. The molecule has 0 aliphatic carbocycles. The Bertz CT molecular complexity index is 351. The van der Waals surface area contributed by atoms with Crippen molar-refractivity contribution in [2.24, 2.45) is 5.16 Å². The SMILES string of the molecule is CC(=O)CO/N=C\c1ccc(SF)cc1. The van der Waals surface area contributed by atoms with Crippen molar-refractivity contribution in [1.82, 2.24) is 0 Å². The Morgan fingerprint density at radius 2 is 2.20 bits per heavy atom. The smallest absolute Gasteiger partial charge is 0.174 e. The fourth-order valence-corrected chi connectivity index (χ4v) is 1.07. The zero-order chi connectivity index (χ0) is 11.1. The van der Waals surface area contributed by atoms with Gasteiger partial charge in [0.05, 0.1) is 18.4 Å². The second-order valence-corrected chi connectivity index (χ2v) is 3.48. The molecule has 0 aliphatic heterocycles. The number of benzene rings is 1. The highest BCUT2D eigenvalue weighted by molar-refractivity contribution is 7.94. The highest BCUT2D eigenvalue weighted by Crippen LogP contribution is 2.18. The van der Waals surface area contributed by atoms with Gasteiger partial charge in [-0.25, -0.2) is 0 Å². The number of hydrogen-bond donors (Lipinski definition) is 0. The van der Waals surface area contributed by atoms with Crippen molar-refractivity contribution in [3.05, 3.63) is 29.8 Å². The maximum absolute atomic E-state index is 12.1. The molecule has 15 heavy (non-hydrogen) atoms. The average molecular weight is 227 g/mol. The van der Waals surface area contributed by atoms with Crippen LogP contribution in [-0.2, 0) is 9.63 Å². The van der Waals surface area contributed by atoms with E-state index in [1.165, 1.54) is 13.1 Å². The predicted molar refractivity (Wildman–Crippen MR) is 57.6 cm³/mol. The van der Waals surface area contributed by atoms with E-state index >= 15 is 0 Å². The first-order valence-electron chi connectivity index (χ1n) is 4.26. The van der Waals surface area contributed by atoms with E-state index in [0.29, 0.717) is 4.90 Å². The molecule has 0 heterocycles. The molecule has 0 radical (unpaired) electrons. The van der Waals surface area contributed by atoms with Crippen molar-refractivity contribution in [1.29, 1.82) is 0 Å². The summed E-state index contributed by atoms with van der Waals surface area (Å²) in [6.07, 6.45) is 1.47. The summed E-state index contributed by atoms with van der Waals surface area (Å²) in [7, 11) is 0. The third kappa shape index (κ3) is 4.60. The molecule has 0 atom stereocenters. The van der Waals surface area contributed by atoms with Crippen LogP contribution in [0.1, 0.15) is 12.5 Å². The van der Waals surface area contributed by atoms with Gasteiger partial charge in [-0.05, 0) is 24.6 Å². The molecule has 0 fully saturated rings. The van der Waals surface area contributed by atoms with E-state index in [1.54, 1.807) is 24.3 Å². The van der Waals surface area contributed by atoms with Gasteiger partial charge in [0.2, 0.25) is 0 Å². The van der Waals surface area contributed by atoms with E-state index in [2.05, 4.69) is 5.16 Å². The monoisotopic (exact) mass is 227 g/mol. The number of oxime groups is 1. The maximum Gasteiger partial charge on any atom is 0.174 e. The Morgan fingerprint density at radius 3 is 2.73 bits per heavy atom. The highest BCUT2D eigenvalue weighted by atomic mass is 32.2. The number of rotatable bonds is 5. The number of hydrogen-bond acceptors (Lipinski definition) is 4. The molecule has 3 nitrogen and oxygen atoms in total. The van der Waals surface area contributed by atoms with Crippen LogP contribution < -0.4 is 0 Å². The maximum atomic E-state index is 12.1. The lowest BCUT2D eigenvalue weighted by molar-refractivity contribution is -0.121. The first kappa shape index (κ1) is 11.7. The van der Waals surface area contributed by atoms with Crippen molar-refractivity contribution in [3.8, 4) is 0 Å². The lowest BCUT2D eigenvalue weighted by Gasteiger charge is -1.95. The first-order valence-corrected chi connectivity index (χ1v) is 4.97. The number of carbonyl (C=O) groups is 1. The summed E-state index contributed by atoms with van der Waals surface area (Å²) >= 11 is 0.189. The summed E-state index contributed by atoms with van der Waals surface area (Å²) in [4.78, 5) is 15.7. The Labute approximate surface area is 91.6 Å². The summed E-state index contributed by atoms with van der Waals surface area (Å²) in [5.74, 6) is -0.0867. The molecule has 0 amide bonds. The highest BCUT2D eigenvalue weighted by Gasteiger charge is 1.93. The van der Waals surface area contributed by atoms with Gasteiger partial charge in [-0.1, -0.05) is 17.3 Å². The van der Waals surface area contributed by atoms with Crippen LogP contribution in [0.3, 0.4) is 0 Å². The second kappa shape index (κ2) is 6.19. The van der Waals surface area contributed by atoms with E-state index in [0.717, 1.165) is 5.56 Å². The van der Waals surface area contributed by atoms with E-state index < -0.39 is 0 Å². The third-order valence-corrected chi connectivity index (χ3v) is 1.96. The molecule has 0 bridgehead atoms. The lowest BCUT2D eigenvalue weighted by atomic mass is 10.2. The molecule has 0 N–H and O–H groups in total. The van der Waals surface area contributed by atoms with Gasteiger partial charge in [0.1, 0.15) is 0 Å². The van der Waals surface area contributed by atoms with Crippen molar-refractivity contribution in [3.63, 3.8) is 0 Å². The normalized spacial score (nSPS) is 10.5. The minimum absolute atomic E-state index is 0.0328. The number of halogens is 1. The van der Waals surface area contributed by atoms with Gasteiger partial charge in [0, 0.05) is 4.90 Å². The fourth-order valence-electron chi connectivity index (χ4n) is 0.832. The summed E-state index contributed by atoms with van der Waals surface area (Å²) in [5.41, 5.74) is 0.788. The number of nitrogens with zero attached hydrogens (tertiary/aromatic N) is 1. The largest absolute Gasteiger partial charge is 0.388 e. The Hall–Kier alpha value is -1.36. The molecular weight excluding hydrogens is 217 g/mol. The fraction of sp³-hybridized carbons (Fsp3) is 0.200. The van der Waals surface area contributed by atoms with Gasteiger partial charge in [0.25, 0.3) is 0 Å². The molecule has 0 saturated carbocycles. The van der Waals surface area contributed by atoms with Gasteiger partial charge in [-0.15, -0.1) is 0 Å². The van der Waals surface area contributed by atoms with Crippen molar-refractivity contribution in [2.45, 2.75) is 11.8 Å². The first-order chi connectivity index (χ1) is 7.22. The van der Waals surface area contributed by atoms with Crippen LogP contribution in [0.2, 0.25) is 0 Å². The van der Waals surface area contributed by atoms with Gasteiger partial charge in [-0.3, -0.25) is 4.79 Å². The van der Waals surface area contributed by atoms with Crippen LogP contribution in [-0.4, -0.2) is 18.6 Å². The van der Waals surface area contributed by atoms with Crippen LogP contribution in [0.25, 0.3) is 0 Å². The molecule has 1 rings (SSSR count). The molecule has 0 aliphatic rings.